The Bertz CT molecular complexity index is 804. The van der Waals surface area contributed by atoms with Crippen molar-refractivity contribution in [2.24, 2.45) is 11.8 Å². The predicted molar refractivity (Wildman–Crippen MR) is 106 cm³/mol. The highest BCUT2D eigenvalue weighted by atomic mass is 32.2. The summed E-state index contributed by atoms with van der Waals surface area (Å²) >= 11 is 0. The molecule has 2 aliphatic rings. The Kier molecular flexibility index (Phi) is 6.47. The van der Waals surface area contributed by atoms with Crippen molar-refractivity contribution >= 4 is 21.8 Å². The van der Waals surface area contributed by atoms with Crippen LogP contribution >= 0.6 is 0 Å². The number of nitrogens with zero attached hydrogens (tertiary/aromatic N) is 1. The van der Waals surface area contributed by atoms with Gasteiger partial charge >= 0.3 is 10.2 Å². The van der Waals surface area contributed by atoms with Crippen molar-refractivity contribution < 1.29 is 22.7 Å². The summed E-state index contributed by atoms with van der Waals surface area (Å²) in [6, 6.07) is 2.71. The molecule has 2 N–H and O–H groups in total. The fraction of sp³-hybridized carbons (Fsp3) is 0.650. The topological polar surface area (TPSA) is 86.7 Å². The molecule has 1 saturated heterocycles. The molecule has 1 aliphatic heterocycles. The van der Waals surface area contributed by atoms with E-state index in [1.807, 2.05) is 0 Å². The number of aromatic hydroxyl groups is 1. The Morgan fingerprint density at radius 2 is 2.00 bits per heavy atom. The van der Waals surface area contributed by atoms with Crippen LogP contribution in [0, 0.1) is 17.7 Å². The fourth-order valence-corrected chi connectivity index (χ4v) is 5.69. The van der Waals surface area contributed by atoms with Gasteiger partial charge in [0.25, 0.3) is 5.91 Å². The first kappa shape index (κ1) is 20.9. The van der Waals surface area contributed by atoms with E-state index in [0.717, 1.165) is 18.8 Å². The van der Waals surface area contributed by atoms with Gasteiger partial charge in [0, 0.05) is 0 Å². The maximum atomic E-state index is 14.7. The molecule has 0 aromatic heterocycles. The molecule has 0 spiro atoms. The van der Waals surface area contributed by atoms with Crippen LogP contribution < -0.4 is 9.03 Å². The molecule has 1 aromatic rings. The van der Waals surface area contributed by atoms with Gasteiger partial charge in [0.1, 0.15) is 18.0 Å². The monoisotopic (exact) mass is 412 g/mol. The molecule has 0 bridgehead atoms. The second-order valence-corrected chi connectivity index (χ2v) is 9.68. The second-order valence-electron chi connectivity index (χ2n) is 8.08. The lowest BCUT2D eigenvalue weighted by Gasteiger charge is -2.29. The van der Waals surface area contributed by atoms with Gasteiger partial charge in [-0.1, -0.05) is 51.9 Å². The summed E-state index contributed by atoms with van der Waals surface area (Å²) in [5.41, 5.74) is 0.192. The lowest BCUT2D eigenvalue weighted by atomic mass is 9.76. The van der Waals surface area contributed by atoms with Gasteiger partial charge in [-0.2, -0.15) is 8.42 Å². The smallest absolute Gasteiger partial charge is 0.326 e. The third-order valence-corrected chi connectivity index (χ3v) is 7.18. The van der Waals surface area contributed by atoms with Crippen molar-refractivity contribution in [3.8, 4) is 5.75 Å². The summed E-state index contributed by atoms with van der Waals surface area (Å²) < 4.78 is 40.9. The highest BCUT2D eigenvalue weighted by molar-refractivity contribution is 7.92. The van der Waals surface area contributed by atoms with Gasteiger partial charge in [-0.05, 0) is 42.4 Å². The van der Waals surface area contributed by atoms with Crippen LogP contribution in [0.5, 0.6) is 5.75 Å². The zero-order valence-electron chi connectivity index (χ0n) is 16.3. The van der Waals surface area contributed by atoms with Gasteiger partial charge in [-0.3, -0.25) is 4.79 Å². The summed E-state index contributed by atoms with van der Waals surface area (Å²) in [4.78, 5) is 11.4. The molecule has 2 unspecified atom stereocenters. The molecule has 1 heterocycles. The van der Waals surface area contributed by atoms with Crippen LogP contribution in [0.25, 0.3) is 0 Å². The Balaban J connectivity index is 1.70. The number of phenols is 1. The van der Waals surface area contributed by atoms with Crippen LogP contribution in [0.3, 0.4) is 0 Å². The number of unbranched alkanes of at least 4 members (excludes halogenated alkanes) is 2. The summed E-state index contributed by atoms with van der Waals surface area (Å²) in [7, 11) is -4.16. The SMILES string of the molecule is CCCCCC1CCCC(Cc2cc(O)c(N3CC(=O)NS3(=O)=O)c(F)c2)C1. The van der Waals surface area contributed by atoms with Crippen LogP contribution in [-0.4, -0.2) is 26.0 Å². The first-order chi connectivity index (χ1) is 13.3. The van der Waals surface area contributed by atoms with Gasteiger partial charge < -0.3 is 5.11 Å². The van der Waals surface area contributed by atoms with E-state index in [2.05, 4.69) is 6.92 Å². The molecule has 3 rings (SSSR count). The number of rotatable bonds is 7. The number of anilines is 1. The average molecular weight is 413 g/mol. The summed E-state index contributed by atoms with van der Waals surface area (Å²) in [6.07, 6.45) is 10.3. The first-order valence-corrected chi connectivity index (χ1v) is 11.6. The number of carbonyl (C=O) groups is 1. The minimum Gasteiger partial charge on any atom is -0.506 e. The third-order valence-electron chi connectivity index (χ3n) is 5.80. The Hall–Kier alpha value is -1.83. The van der Waals surface area contributed by atoms with Crippen molar-refractivity contribution in [2.45, 2.75) is 64.7 Å². The van der Waals surface area contributed by atoms with Crippen molar-refractivity contribution in [1.82, 2.24) is 4.72 Å². The maximum Gasteiger partial charge on any atom is 0.326 e. The standard InChI is InChI=1S/C20H29FN2O4S/c1-2-3-4-6-14-7-5-8-15(9-14)10-16-11-17(21)20(18(24)12-16)23-13-19(25)22-28(23,26)27/h11-12,14-15,24H,2-10,13H2,1H3,(H,22,25). The molecule has 6 nitrogen and oxygen atoms in total. The molecule has 1 amide bonds. The van der Waals surface area contributed by atoms with Gasteiger partial charge in [0.2, 0.25) is 0 Å². The molecule has 1 aromatic carbocycles. The summed E-state index contributed by atoms with van der Waals surface area (Å²) in [6.45, 7) is 1.67. The zero-order chi connectivity index (χ0) is 20.3. The quantitative estimate of drug-likeness (QED) is 0.670. The minimum atomic E-state index is -4.16. The summed E-state index contributed by atoms with van der Waals surface area (Å²) in [5, 5.41) is 10.3. The van der Waals surface area contributed by atoms with Crippen LogP contribution in [0.15, 0.2) is 12.1 Å². The highest BCUT2D eigenvalue weighted by Gasteiger charge is 2.37. The van der Waals surface area contributed by atoms with E-state index in [1.54, 1.807) is 4.72 Å². The van der Waals surface area contributed by atoms with Gasteiger partial charge in [-0.15, -0.1) is 0 Å². The van der Waals surface area contributed by atoms with Crippen LogP contribution in [0.2, 0.25) is 0 Å². The average Bonchev–Trinajstić information content (AvgIpc) is 2.87. The van der Waals surface area contributed by atoms with E-state index in [-0.39, 0.29) is 0 Å². The lowest BCUT2D eigenvalue weighted by molar-refractivity contribution is -0.117. The van der Waals surface area contributed by atoms with Gasteiger partial charge in [-0.25, -0.2) is 13.4 Å². The van der Waals surface area contributed by atoms with E-state index in [0.29, 0.717) is 22.2 Å². The fourth-order valence-electron chi connectivity index (χ4n) is 4.52. The first-order valence-electron chi connectivity index (χ1n) is 10.1. The summed E-state index contributed by atoms with van der Waals surface area (Å²) in [5.74, 6) is -0.867. The number of halogens is 1. The Morgan fingerprint density at radius 3 is 2.64 bits per heavy atom. The maximum absolute atomic E-state index is 14.7. The molecule has 2 atom stereocenters. The van der Waals surface area contributed by atoms with Crippen molar-refractivity contribution in [3.05, 3.63) is 23.5 Å². The van der Waals surface area contributed by atoms with Crippen LogP contribution in [0.1, 0.15) is 63.9 Å². The van der Waals surface area contributed by atoms with Crippen molar-refractivity contribution in [2.75, 3.05) is 10.8 Å². The number of phenolic OH excluding ortho intramolecular Hbond substituents is 1. The Morgan fingerprint density at radius 1 is 1.25 bits per heavy atom. The van der Waals surface area contributed by atoms with Crippen molar-refractivity contribution in [3.63, 3.8) is 0 Å². The van der Waals surface area contributed by atoms with Gasteiger partial charge in [0.05, 0.1) is 0 Å². The molecule has 28 heavy (non-hydrogen) atoms. The highest BCUT2D eigenvalue weighted by Crippen LogP contribution is 2.38. The Labute approximate surface area is 166 Å². The van der Waals surface area contributed by atoms with E-state index in [9.17, 15) is 22.7 Å². The second kappa shape index (κ2) is 8.68. The molecular formula is C20H29FN2O4S. The van der Waals surface area contributed by atoms with Crippen molar-refractivity contribution in [1.29, 1.82) is 0 Å². The van der Waals surface area contributed by atoms with Gasteiger partial charge in [0.15, 0.2) is 5.82 Å². The normalized spacial score (nSPS) is 24.4. The van der Waals surface area contributed by atoms with E-state index in [4.69, 9.17) is 0 Å². The molecule has 1 saturated carbocycles. The molecule has 2 fully saturated rings. The molecular weight excluding hydrogens is 383 g/mol. The van der Waals surface area contributed by atoms with Crippen LogP contribution in [0.4, 0.5) is 10.1 Å². The minimum absolute atomic E-state index is 0.448. The van der Waals surface area contributed by atoms with E-state index < -0.39 is 39.9 Å². The van der Waals surface area contributed by atoms with Crippen LogP contribution in [-0.2, 0) is 21.4 Å². The molecule has 0 radical (unpaired) electrons. The largest absolute Gasteiger partial charge is 0.506 e. The lowest BCUT2D eigenvalue weighted by Crippen LogP contribution is -2.30. The number of benzene rings is 1. The number of hydrogen-bond donors (Lipinski definition) is 2. The number of carbonyl (C=O) groups excluding carboxylic acids is 1. The third kappa shape index (κ3) is 4.77. The van der Waals surface area contributed by atoms with E-state index in [1.165, 1.54) is 50.7 Å². The molecule has 156 valence electrons. The van der Waals surface area contributed by atoms with E-state index >= 15 is 0 Å². The predicted octanol–water partition coefficient (Wildman–Crippen LogP) is 3.64. The molecule has 1 aliphatic carbocycles. The number of amides is 1. The number of hydrogen-bond acceptors (Lipinski definition) is 4. The number of nitrogens with one attached hydrogen (secondary N) is 1. The molecule has 8 heteroatoms. The zero-order valence-corrected chi connectivity index (χ0v) is 17.1.